The first-order valence-corrected chi connectivity index (χ1v) is 17.7. The van der Waals surface area contributed by atoms with E-state index in [0.29, 0.717) is 0 Å². The predicted octanol–water partition coefficient (Wildman–Crippen LogP) is 10.6. The van der Waals surface area contributed by atoms with Crippen LogP contribution in [0.2, 0.25) is 0 Å². The molecule has 6 heteroatoms. The summed E-state index contributed by atoms with van der Waals surface area (Å²) in [4.78, 5) is 5.30. The zero-order chi connectivity index (χ0) is 34.2. The van der Waals surface area contributed by atoms with E-state index in [1.54, 1.807) is 0 Å². The topological polar surface area (TPSA) is 74.7 Å². The summed E-state index contributed by atoms with van der Waals surface area (Å²) >= 11 is 0. The summed E-state index contributed by atoms with van der Waals surface area (Å²) in [6, 6.07) is 50.9. The van der Waals surface area contributed by atoms with Crippen molar-refractivity contribution >= 4 is 66.4 Å². The average molecular weight is 673 g/mol. The van der Waals surface area contributed by atoms with Crippen molar-refractivity contribution in [3.8, 4) is 0 Å². The smallest absolute Gasteiger partial charge is 0.135 e. The predicted molar refractivity (Wildman–Crippen MR) is 210 cm³/mol. The van der Waals surface area contributed by atoms with Gasteiger partial charge in [-0.25, -0.2) is 4.99 Å². The number of amidine groups is 1. The second-order valence-corrected chi connectivity index (χ2v) is 13.6. The highest BCUT2D eigenvalue weighted by Gasteiger charge is 2.31. The second kappa shape index (κ2) is 11.5. The Hall–Kier alpha value is -6.63. The van der Waals surface area contributed by atoms with Gasteiger partial charge >= 0.3 is 0 Å². The molecule has 2 aliphatic heterocycles. The normalized spacial score (nSPS) is 18.5. The Bertz CT molecular complexity index is 2920. The highest BCUT2D eigenvalue weighted by molar-refractivity contribution is 6.07. The molecule has 3 atom stereocenters. The van der Waals surface area contributed by atoms with Crippen molar-refractivity contribution in [1.29, 1.82) is 0 Å². The van der Waals surface area contributed by atoms with Gasteiger partial charge in [-0.3, -0.25) is 5.32 Å². The van der Waals surface area contributed by atoms with E-state index >= 15 is 0 Å². The summed E-state index contributed by atoms with van der Waals surface area (Å²) in [5.74, 6) is 1.73. The van der Waals surface area contributed by atoms with Crippen molar-refractivity contribution < 1.29 is 8.83 Å². The van der Waals surface area contributed by atoms with Crippen molar-refractivity contribution in [3.05, 3.63) is 185 Å². The van der Waals surface area contributed by atoms with Gasteiger partial charge < -0.3 is 19.5 Å². The van der Waals surface area contributed by atoms with E-state index in [1.165, 1.54) is 27.1 Å². The van der Waals surface area contributed by atoms with E-state index in [-0.39, 0.29) is 18.4 Å². The third-order valence-corrected chi connectivity index (χ3v) is 10.7. The van der Waals surface area contributed by atoms with Gasteiger partial charge in [0.05, 0.1) is 6.04 Å². The van der Waals surface area contributed by atoms with Gasteiger partial charge in [-0.15, -0.1) is 0 Å². The number of para-hydroxylation sites is 1. The van der Waals surface area contributed by atoms with Gasteiger partial charge in [0.1, 0.15) is 40.7 Å². The monoisotopic (exact) mass is 672 g/mol. The molecule has 0 radical (unpaired) electrons. The zero-order valence-electron chi connectivity index (χ0n) is 28.0. The summed E-state index contributed by atoms with van der Waals surface area (Å²) in [6.07, 6.45) is 3.48. The first-order valence-electron chi connectivity index (χ1n) is 17.7. The van der Waals surface area contributed by atoms with Crippen LogP contribution < -0.4 is 16.0 Å². The van der Waals surface area contributed by atoms with Crippen molar-refractivity contribution in [2.75, 3.05) is 0 Å². The lowest BCUT2D eigenvalue weighted by Gasteiger charge is -2.33. The molecular formula is C46H32N4O2. The standard InChI is InChI=1S/C46H32N4O2/c1-2-11-27(12-3-1)44-48-45(50-46(49-44)35-18-10-20-38-41(35)34-17-8-9-19-37(34)51-38)33-22-21-32(30-15-6-7-16-31(30)33)43-42-36-25-28-13-4-5-14-29(28)26-40(36)52-39(42)23-24-47-43/h1-26,43,45-47,50H,(H,48,49). The van der Waals surface area contributed by atoms with E-state index < -0.39 is 0 Å². The number of rotatable bonds is 4. The van der Waals surface area contributed by atoms with Crippen LogP contribution in [-0.2, 0) is 0 Å². The maximum Gasteiger partial charge on any atom is 0.135 e. The highest BCUT2D eigenvalue weighted by Crippen LogP contribution is 2.43. The molecule has 0 spiro atoms. The van der Waals surface area contributed by atoms with E-state index in [1.807, 2.05) is 36.5 Å². The molecule has 2 aliphatic rings. The Morgan fingerprint density at radius 1 is 0.538 bits per heavy atom. The van der Waals surface area contributed by atoms with E-state index in [2.05, 4.69) is 137 Å². The van der Waals surface area contributed by atoms with Crippen molar-refractivity contribution in [2.24, 2.45) is 4.99 Å². The summed E-state index contributed by atoms with van der Waals surface area (Å²) in [7, 11) is 0. The fraction of sp³-hybridized carbons (Fsp3) is 0.0652. The lowest BCUT2D eigenvalue weighted by molar-refractivity contribution is 0.412. The Labute approximate surface area is 299 Å². The lowest BCUT2D eigenvalue weighted by Crippen LogP contribution is -2.45. The van der Waals surface area contributed by atoms with Gasteiger partial charge in [-0.1, -0.05) is 121 Å². The minimum atomic E-state index is -0.329. The number of benzene rings is 7. The third kappa shape index (κ3) is 4.51. The van der Waals surface area contributed by atoms with Crippen LogP contribution in [0, 0.1) is 0 Å². The Morgan fingerprint density at radius 2 is 1.25 bits per heavy atom. The molecule has 9 aromatic rings. The molecule has 0 fully saturated rings. The summed E-state index contributed by atoms with van der Waals surface area (Å²) in [5, 5.41) is 19.4. The van der Waals surface area contributed by atoms with Crippen molar-refractivity contribution in [2.45, 2.75) is 18.4 Å². The van der Waals surface area contributed by atoms with E-state index in [9.17, 15) is 0 Å². The van der Waals surface area contributed by atoms with Crippen LogP contribution in [0.5, 0.6) is 0 Å². The Kier molecular flexibility index (Phi) is 6.42. The van der Waals surface area contributed by atoms with Gasteiger partial charge in [0.2, 0.25) is 0 Å². The number of hydrogen-bond acceptors (Lipinski definition) is 6. The number of aliphatic imine (C=N–C) groups is 1. The SMILES string of the molecule is C1=Cc2oc3cc4ccccc4cc3c2C(c2ccc(C3NC(c4ccccc4)=NC(c4cccc5oc6ccccc6c45)N3)c3ccccc23)N1. The molecule has 4 heterocycles. The molecular weight excluding hydrogens is 641 g/mol. The van der Waals surface area contributed by atoms with Crippen molar-refractivity contribution in [1.82, 2.24) is 16.0 Å². The van der Waals surface area contributed by atoms with Crippen molar-refractivity contribution in [3.63, 3.8) is 0 Å². The number of fused-ring (bicyclic) bond motifs is 8. The largest absolute Gasteiger partial charge is 0.456 e. The molecule has 248 valence electrons. The molecule has 0 aliphatic carbocycles. The average Bonchev–Trinajstić information content (AvgIpc) is 3.78. The van der Waals surface area contributed by atoms with Crippen LogP contribution in [0.15, 0.2) is 166 Å². The molecule has 11 rings (SSSR count). The maximum absolute atomic E-state index is 6.47. The minimum Gasteiger partial charge on any atom is -0.456 e. The minimum absolute atomic E-state index is 0.0881. The molecule has 0 amide bonds. The fourth-order valence-electron chi connectivity index (χ4n) is 8.29. The molecule has 3 N–H and O–H groups in total. The number of nitrogens with one attached hydrogen (secondary N) is 3. The van der Waals surface area contributed by atoms with Crippen LogP contribution in [0.3, 0.4) is 0 Å². The molecule has 52 heavy (non-hydrogen) atoms. The van der Waals surface area contributed by atoms with Gasteiger partial charge in [0.15, 0.2) is 0 Å². The highest BCUT2D eigenvalue weighted by atomic mass is 16.3. The van der Waals surface area contributed by atoms with Crippen LogP contribution in [0.4, 0.5) is 0 Å². The Balaban J connectivity index is 1.05. The maximum atomic E-state index is 6.47. The quantitative estimate of drug-likeness (QED) is 0.174. The van der Waals surface area contributed by atoms with E-state index in [0.717, 1.165) is 66.8 Å². The molecule has 7 aromatic carbocycles. The Morgan fingerprint density at radius 3 is 2.12 bits per heavy atom. The van der Waals surface area contributed by atoms with Gasteiger partial charge in [-0.2, -0.15) is 0 Å². The van der Waals surface area contributed by atoms with E-state index in [4.69, 9.17) is 13.8 Å². The first kappa shape index (κ1) is 29.1. The number of hydrogen-bond donors (Lipinski definition) is 3. The van der Waals surface area contributed by atoms with Crippen LogP contribution in [-0.4, -0.2) is 5.84 Å². The lowest BCUT2D eigenvalue weighted by atomic mass is 9.88. The summed E-state index contributed by atoms with van der Waals surface area (Å²) in [5.41, 5.74) is 8.24. The zero-order valence-corrected chi connectivity index (χ0v) is 28.0. The summed E-state index contributed by atoms with van der Waals surface area (Å²) in [6.45, 7) is 0. The fourth-order valence-corrected chi connectivity index (χ4v) is 8.29. The number of furan rings is 2. The van der Waals surface area contributed by atoms with Crippen LogP contribution in [0.1, 0.15) is 52.0 Å². The first-order chi connectivity index (χ1) is 25.8. The molecule has 0 saturated heterocycles. The second-order valence-electron chi connectivity index (χ2n) is 13.6. The molecule has 0 saturated carbocycles. The third-order valence-electron chi connectivity index (χ3n) is 10.7. The molecule has 6 nitrogen and oxygen atoms in total. The van der Waals surface area contributed by atoms with Gasteiger partial charge in [0.25, 0.3) is 0 Å². The van der Waals surface area contributed by atoms with Gasteiger partial charge in [-0.05, 0) is 63.0 Å². The number of nitrogens with zero attached hydrogens (tertiary/aromatic N) is 1. The van der Waals surface area contributed by atoms with Gasteiger partial charge in [0, 0.05) is 39.0 Å². The summed E-state index contributed by atoms with van der Waals surface area (Å²) < 4.78 is 12.8. The molecule has 3 unspecified atom stereocenters. The van der Waals surface area contributed by atoms with Crippen LogP contribution in [0.25, 0.3) is 60.5 Å². The molecule has 0 bridgehead atoms. The molecule has 2 aromatic heterocycles. The van der Waals surface area contributed by atoms with Crippen LogP contribution >= 0.6 is 0 Å².